The molecule has 21 heavy (non-hydrogen) atoms. The molecular formula is C16H16ClFN2O. The van der Waals surface area contributed by atoms with Crippen LogP contribution in [0.2, 0.25) is 5.02 Å². The molecule has 0 saturated heterocycles. The average molecular weight is 307 g/mol. The molecule has 0 fully saturated rings. The van der Waals surface area contributed by atoms with Gasteiger partial charge in [-0.3, -0.25) is 4.79 Å². The maximum absolute atomic E-state index is 13.4. The van der Waals surface area contributed by atoms with Gasteiger partial charge in [-0.05, 0) is 44.2 Å². The number of carbonyl (C=O) groups is 1. The zero-order valence-corrected chi connectivity index (χ0v) is 12.6. The Bertz CT molecular complexity index is 673. The van der Waals surface area contributed by atoms with Crippen LogP contribution in [0.15, 0.2) is 36.4 Å². The molecule has 0 aliphatic carbocycles. The molecule has 0 unspecified atom stereocenters. The van der Waals surface area contributed by atoms with Gasteiger partial charge in [-0.25, -0.2) is 4.39 Å². The van der Waals surface area contributed by atoms with Crippen LogP contribution in [0, 0.1) is 12.7 Å². The smallest absolute Gasteiger partial charge is 0.257 e. The van der Waals surface area contributed by atoms with Gasteiger partial charge >= 0.3 is 0 Å². The number of amides is 1. The molecule has 2 aromatic rings. The fourth-order valence-corrected chi connectivity index (χ4v) is 2.08. The molecule has 0 atom stereocenters. The van der Waals surface area contributed by atoms with Crippen molar-refractivity contribution in [3.05, 3.63) is 58.4 Å². The van der Waals surface area contributed by atoms with Crippen LogP contribution in [-0.2, 0) is 0 Å². The highest BCUT2D eigenvalue weighted by Gasteiger charge is 2.12. The van der Waals surface area contributed by atoms with Crippen LogP contribution in [0.5, 0.6) is 0 Å². The van der Waals surface area contributed by atoms with E-state index in [0.717, 1.165) is 11.3 Å². The Kier molecular flexibility index (Phi) is 4.81. The predicted molar refractivity (Wildman–Crippen MR) is 84.7 cm³/mol. The zero-order valence-electron chi connectivity index (χ0n) is 11.8. The Morgan fingerprint density at radius 3 is 2.67 bits per heavy atom. The van der Waals surface area contributed by atoms with Crippen LogP contribution >= 0.6 is 11.6 Å². The van der Waals surface area contributed by atoms with Crippen molar-refractivity contribution in [2.45, 2.75) is 13.8 Å². The number of hydrogen-bond acceptors (Lipinski definition) is 2. The first-order chi connectivity index (χ1) is 10.0. The summed E-state index contributed by atoms with van der Waals surface area (Å²) in [5.74, 6) is -0.859. The van der Waals surface area contributed by atoms with Crippen molar-refractivity contribution in [2.24, 2.45) is 0 Å². The Balaban J connectivity index is 2.27. The first kappa shape index (κ1) is 15.3. The maximum Gasteiger partial charge on any atom is 0.257 e. The summed E-state index contributed by atoms with van der Waals surface area (Å²) in [4.78, 5) is 12.4. The maximum atomic E-state index is 13.4. The van der Waals surface area contributed by atoms with E-state index >= 15 is 0 Å². The van der Waals surface area contributed by atoms with Crippen LogP contribution in [-0.4, -0.2) is 12.5 Å². The highest BCUT2D eigenvalue weighted by molar-refractivity contribution is 6.30. The molecule has 0 heterocycles. The highest BCUT2D eigenvalue weighted by Crippen LogP contribution is 2.22. The number of rotatable bonds is 4. The molecule has 1 amide bonds. The Morgan fingerprint density at radius 1 is 1.24 bits per heavy atom. The van der Waals surface area contributed by atoms with E-state index in [4.69, 9.17) is 11.6 Å². The molecule has 2 N–H and O–H groups in total. The van der Waals surface area contributed by atoms with Crippen LogP contribution in [0.1, 0.15) is 22.8 Å². The fourth-order valence-electron chi connectivity index (χ4n) is 1.96. The third kappa shape index (κ3) is 3.73. The molecule has 0 spiro atoms. The van der Waals surface area contributed by atoms with Gasteiger partial charge in [0, 0.05) is 17.9 Å². The lowest BCUT2D eigenvalue weighted by Crippen LogP contribution is -2.15. The summed E-state index contributed by atoms with van der Waals surface area (Å²) in [6.07, 6.45) is 0. The topological polar surface area (TPSA) is 41.1 Å². The lowest BCUT2D eigenvalue weighted by atomic mass is 10.1. The van der Waals surface area contributed by atoms with Gasteiger partial charge in [-0.1, -0.05) is 23.2 Å². The van der Waals surface area contributed by atoms with Crippen LogP contribution < -0.4 is 10.6 Å². The number of nitrogens with one attached hydrogen (secondary N) is 2. The van der Waals surface area contributed by atoms with Gasteiger partial charge in [-0.15, -0.1) is 0 Å². The molecule has 2 aromatic carbocycles. The lowest BCUT2D eigenvalue weighted by Gasteiger charge is -2.12. The third-order valence-corrected chi connectivity index (χ3v) is 3.27. The van der Waals surface area contributed by atoms with E-state index in [1.807, 2.05) is 26.0 Å². The van der Waals surface area contributed by atoms with E-state index in [1.54, 1.807) is 12.1 Å². The Labute approximate surface area is 128 Å². The lowest BCUT2D eigenvalue weighted by molar-refractivity contribution is 0.102. The molecule has 2 rings (SSSR count). The van der Waals surface area contributed by atoms with E-state index in [1.165, 1.54) is 12.1 Å². The number of hydrogen-bond donors (Lipinski definition) is 2. The summed E-state index contributed by atoms with van der Waals surface area (Å²) in [6.45, 7) is 4.57. The number of aryl methyl sites for hydroxylation is 1. The Hall–Kier alpha value is -2.07. The molecule has 3 nitrogen and oxygen atoms in total. The van der Waals surface area contributed by atoms with Crippen molar-refractivity contribution < 1.29 is 9.18 Å². The quantitative estimate of drug-likeness (QED) is 0.875. The molecule has 110 valence electrons. The minimum absolute atomic E-state index is 0.0249. The number of benzene rings is 2. The van der Waals surface area contributed by atoms with Gasteiger partial charge < -0.3 is 10.6 Å². The standard InChI is InChI=1S/C16H16ClFN2O/c1-3-19-15-7-4-10(2)8-12(15)16(21)20-11-5-6-13(17)14(18)9-11/h4-9,19H,3H2,1-2H3,(H,20,21). The van der Waals surface area contributed by atoms with Gasteiger partial charge in [0.25, 0.3) is 5.91 Å². The fraction of sp³-hybridized carbons (Fsp3) is 0.188. The summed E-state index contributed by atoms with van der Waals surface area (Å²) >= 11 is 5.62. The van der Waals surface area contributed by atoms with Crippen molar-refractivity contribution in [3.8, 4) is 0 Å². The molecule has 5 heteroatoms. The van der Waals surface area contributed by atoms with Crippen LogP contribution in [0.3, 0.4) is 0 Å². The van der Waals surface area contributed by atoms with Crippen LogP contribution in [0.4, 0.5) is 15.8 Å². The normalized spacial score (nSPS) is 10.3. The van der Waals surface area contributed by atoms with E-state index in [9.17, 15) is 9.18 Å². The van der Waals surface area contributed by atoms with Gasteiger partial charge in [0.05, 0.1) is 10.6 Å². The number of anilines is 2. The first-order valence-electron chi connectivity index (χ1n) is 6.62. The van der Waals surface area contributed by atoms with E-state index in [0.29, 0.717) is 17.8 Å². The van der Waals surface area contributed by atoms with Gasteiger partial charge in [0.2, 0.25) is 0 Å². The summed E-state index contributed by atoms with van der Waals surface area (Å²) in [6, 6.07) is 9.75. The molecule has 0 aromatic heterocycles. The molecule has 0 aliphatic heterocycles. The third-order valence-electron chi connectivity index (χ3n) is 2.96. The van der Waals surface area contributed by atoms with Gasteiger partial charge in [0.1, 0.15) is 5.82 Å². The van der Waals surface area contributed by atoms with Crippen molar-refractivity contribution in [1.29, 1.82) is 0 Å². The minimum Gasteiger partial charge on any atom is -0.385 e. The van der Waals surface area contributed by atoms with Crippen molar-refractivity contribution in [2.75, 3.05) is 17.2 Å². The first-order valence-corrected chi connectivity index (χ1v) is 7.00. The molecule has 0 radical (unpaired) electrons. The zero-order chi connectivity index (χ0) is 15.4. The predicted octanol–water partition coefficient (Wildman–Crippen LogP) is 4.47. The number of halogens is 2. The molecule has 0 aliphatic rings. The summed E-state index contributed by atoms with van der Waals surface area (Å²) in [7, 11) is 0. The Morgan fingerprint density at radius 2 is 2.00 bits per heavy atom. The summed E-state index contributed by atoms with van der Waals surface area (Å²) in [5.41, 5.74) is 2.61. The van der Waals surface area contributed by atoms with Gasteiger partial charge in [0.15, 0.2) is 0 Å². The van der Waals surface area contributed by atoms with Crippen molar-refractivity contribution in [3.63, 3.8) is 0 Å². The van der Waals surface area contributed by atoms with Gasteiger partial charge in [-0.2, -0.15) is 0 Å². The SMILES string of the molecule is CCNc1ccc(C)cc1C(=O)Nc1ccc(Cl)c(F)c1. The molecule has 0 bridgehead atoms. The molecule has 0 saturated carbocycles. The van der Waals surface area contributed by atoms with Crippen molar-refractivity contribution >= 4 is 28.9 Å². The summed E-state index contributed by atoms with van der Waals surface area (Å²) in [5, 5.41) is 5.83. The highest BCUT2D eigenvalue weighted by atomic mass is 35.5. The number of carbonyl (C=O) groups excluding carboxylic acids is 1. The second-order valence-corrected chi connectivity index (χ2v) is 5.07. The molecular weight excluding hydrogens is 291 g/mol. The summed E-state index contributed by atoms with van der Waals surface area (Å²) < 4.78 is 13.4. The van der Waals surface area contributed by atoms with Crippen LogP contribution in [0.25, 0.3) is 0 Å². The van der Waals surface area contributed by atoms with E-state index < -0.39 is 5.82 Å². The second kappa shape index (κ2) is 6.59. The minimum atomic E-state index is -0.564. The monoisotopic (exact) mass is 306 g/mol. The van der Waals surface area contributed by atoms with E-state index in [-0.39, 0.29) is 10.9 Å². The van der Waals surface area contributed by atoms with Crippen molar-refractivity contribution in [1.82, 2.24) is 0 Å². The largest absolute Gasteiger partial charge is 0.385 e. The van der Waals surface area contributed by atoms with E-state index in [2.05, 4.69) is 10.6 Å². The average Bonchev–Trinajstić information content (AvgIpc) is 2.45. The second-order valence-electron chi connectivity index (χ2n) is 4.66.